The number of amides is 1. The fourth-order valence-electron chi connectivity index (χ4n) is 2.78. The second kappa shape index (κ2) is 9.23. The highest BCUT2D eigenvalue weighted by molar-refractivity contribution is 7.16. The number of methoxy groups -OCH3 is 2. The molecule has 3 rings (SSSR count). The van der Waals surface area contributed by atoms with E-state index in [-0.39, 0.29) is 0 Å². The molecule has 0 aliphatic carbocycles. The number of thiazole rings is 1. The van der Waals surface area contributed by atoms with Crippen molar-refractivity contribution < 1.29 is 19.0 Å². The first-order chi connectivity index (χ1) is 13.6. The van der Waals surface area contributed by atoms with E-state index in [9.17, 15) is 4.79 Å². The minimum absolute atomic E-state index is 0.341. The molecule has 28 heavy (non-hydrogen) atoms. The molecule has 0 aliphatic heterocycles. The fourth-order valence-corrected chi connectivity index (χ4v) is 4.11. The van der Waals surface area contributed by atoms with Gasteiger partial charge in [-0.25, -0.2) is 0 Å². The van der Waals surface area contributed by atoms with Crippen LogP contribution in [0.3, 0.4) is 0 Å². The summed E-state index contributed by atoms with van der Waals surface area (Å²) < 4.78 is 18.9. The summed E-state index contributed by atoms with van der Waals surface area (Å²) in [6.45, 7) is 3.67. The highest BCUT2D eigenvalue weighted by atomic mass is 35.5. The first-order valence-electron chi connectivity index (χ1n) is 8.75. The molecular formula is C20H21ClN2O4S. The predicted octanol–water partition coefficient (Wildman–Crippen LogP) is 4.15. The molecule has 0 saturated heterocycles. The molecule has 6 nitrogen and oxygen atoms in total. The highest BCUT2D eigenvalue weighted by Crippen LogP contribution is 2.25. The zero-order chi connectivity index (χ0) is 20.1. The molecule has 0 aliphatic rings. The zero-order valence-electron chi connectivity index (χ0n) is 15.9. The van der Waals surface area contributed by atoms with Crippen LogP contribution in [0.15, 0.2) is 41.4 Å². The van der Waals surface area contributed by atoms with Crippen molar-refractivity contribution in [3.05, 3.63) is 51.8 Å². The van der Waals surface area contributed by atoms with Gasteiger partial charge < -0.3 is 18.8 Å². The topological polar surface area (TPSA) is 62.1 Å². The fraction of sp³-hybridized carbons (Fsp3) is 0.300. The summed E-state index contributed by atoms with van der Waals surface area (Å²) in [6.07, 6.45) is 0. The van der Waals surface area contributed by atoms with Crippen molar-refractivity contribution in [2.75, 3.05) is 27.4 Å². The van der Waals surface area contributed by atoms with Crippen molar-refractivity contribution in [1.82, 2.24) is 4.57 Å². The molecule has 0 saturated carbocycles. The van der Waals surface area contributed by atoms with Gasteiger partial charge in [0, 0.05) is 18.2 Å². The number of halogens is 1. The molecule has 0 radical (unpaired) electrons. The Kier molecular flexibility index (Phi) is 6.72. The van der Waals surface area contributed by atoms with Crippen LogP contribution in [0.1, 0.15) is 17.3 Å². The second-order valence-electron chi connectivity index (χ2n) is 5.83. The quantitative estimate of drug-likeness (QED) is 0.538. The molecule has 0 N–H and O–H groups in total. The van der Waals surface area contributed by atoms with Gasteiger partial charge in [-0.2, -0.15) is 4.99 Å². The number of nitrogens with zero attached hydrogens (tertiary/aromatic N) is 2. The summed E-state index contributed by atoms with van der Waals surface area (Å²) in [6, 6.07) is 10.7. The van der Waals surface area contributed by atoms with E-state index >= 15 is 0 Å². The first kappa shape index (κ1) is 20.4. The maximum Gasteiger partial charge on any atom is 0.283 e. The molecule has 0 unspecified atom stereocenters. The van der Waals surface area contributed by atoms with Crippen molar-refractivity contribution >= 4 is 39.1 Å². The summed E-state index contributed by atoms with van der Waals surface area (Å²) in [5.74, 6) is 0.602. The number of benzene rings is 2. The molecule has 2 aromatic carbocycles. The van der Waals surface area contributed by atoms with Crippen LogP contribution in [0.25, 0.3) is 10.2 Å². The number of fused-ring (bicyclic) bond motifs is 1. The Balaban J connectivity index is 2.10. The minimum Gasteiger partial charge on any atom is -0.497 e. The Hall–Kier alpha value is -2.35. The van der Waals surface area contributed by atoms with Gasteiger partial charge >= 0.3 is 0 Å². The number of hydrogen-bond acceptors (Lipinski definition) is 5. The van der Waals surface area contributed by atoms with Gasteiger partial charge in [0.15, 0.2) is 4.80 Å². The minimum atomic E-state index is -0.404. The first-order valence-corrected chi connectivity index (χ1v) is 9.94. The Morgan fingerprint density at radius 2 is 2.00 bits per heavy atom. The molecule has 8 heteroatoms. The lowest BCUT2D eigenvalue weighted by molar-refractivity contribution is 0.0993. The van der Waals surface area contributed by atoms with Crippen molar-refractivity contribution in [2.45, 2.75) is 13.5 Å². The predicted molar refractivity (Wildman–Crippen MR) is 111 cm³/mol. The summed E-state index contributed by atoms with van der Waals surface area (Å²) in [7, 11) is 3.06. The standard InChI is InChI=1S/C20H21ClN2O4S/c1-4-27-10-9-23-16-7-5-13(21)11-18(16)28-20(23)22-19(24)15-12-14(25-2)6-8-17(15)26-3/h5-8,11-12H,4,9-10H2,1-3H3. The van der Waals surface area contributed by atoms with Gasteiger partial charge in [-0.05, 0) is 43.3 Å². The summed E-state index contributed by atoms with van der Waals surface area (Å²) >= 11 is 7.53. The molecule has 0 fully saturated rings. The van der Waals surface area contributed by atoms with Gasteiger partial charge in [0.1, 0.15) is 11.5 Å². The molecule has 1 heterocycles. The largest absolute Gasteiger partial charge is 0.497 e. The number of ether oxygens (including phenoxy) is 3. The van der Waals surface area contributed by atoms with Gasteiger partial charge in [0.05, 0.1) is 36.6 Å². The Labute approximate surface area is 171 Å². The highest BCUT2D eigenvalue weighted by Gasteiger charge is 2.15. The molecule has 1 amide bonds. The molecule has 0 bridgehead atoms. The summed E-state index contributed by atoms with van der Waals surface area (Å²) in [4.78, 5) is 17.9. The smallest absolute Gasteiger partial charge is 0.283 e. The van der Waals surface area contributed by atoms with Crippen LogP contribution in [-0.4, -0.2) is 37.9 Å². The Morgan fingerprint density at radius 1 is 1.18 bits per heavy atom. The number of carbonyl (C=O) groups excluding carboxylic acids is 1. The number of rotatable bonds is 7. The molecule has 148 valence electrons. The summed E-state index contributed by atoms with van der Waals surface area (Å²) in [5.41, 5.74) is 1.30. The van der Waals surface area contributed by atoms with Gasteiger partial charge in [0.25, 0.3) is 5.91 Å². The Morgan fingerprint density at radius 3 is 2.71 bits per heavy atom. The van der Waals surface area contributed by atoms with Crippen molar-refractivity contribution in [2.24, 2.45) is 4.99 Å². The van der Waals surface area contributed by atoms with Gasteiger partial charge in [0.2, 0.25) is 0 Å². The lowest BCUT2D eigenvalue weighted by Gasteiger charge is -2.08. The van der Waals surface area contributed by atoms with Crippen LogP contribution >= 0.6 is 22.9 Å². The third-order valence-electron chi connectivity index (χ3n) is 4.14. The second-order valence-corrected chi connectivity index (χ2v) is 7.27. The van der Waals surface area contributed by atoms with Crippen molar-refractivity contribution in [1.29, 1.82) is 0 Å². The van der Waals surface area contributed by atoms with E-state index in [1.807, 2.05) is 29.7 Å². The molecule has 1 aromatic heterocycles. The van der Waals surface area contributed by atoms with Crippen LogP contribution in [0, 0.1) is 0 Å². The number of carbonyl (C=O) groups is 1. The SMILES string of the molecule is CCOCCn1c(=NC(=O)c2cc(OC)ccc2OC)sc2cc(Cl)ccc21. The lowest BCUT2D eigenvalue weighted by atomic mass is 10.2. The van der Waals surface area contributed by atoms with Gasteiger partial charge in [-0.3, -0.25) is 4.79 Å². The lowest BCUT2D eigenvalue weighted by Crippen LogP contribution is -2.20. The van der Waals surface area contributed by atoms with Crippen LogP contribution in [0.2, 0.25) is 5.02 Å². The van der Waals surface area contributed by atoms with E-state index in [2.05, 4.69) is 4.99 Å². The molecule has 0 spiro atoms. The third-order valence-corrected chi connectivity index (χ3v) is 5.42. The maximum atomic E-state index is 12.9. The van der Waals surface area contributed by atoms with Gasteiger partial charge in [-0.1, -0.05) is 22.9 Å². The molecule has 3 aromatic rings. The van der Waals surface area contributed by atoms with Crippen molar-refractivity contribution in [3.8, 4) is 11.5 Å². The third kappa shape index (κ3) is 4.38. The van der Waals surface area contributed by atoms with E-state index < -0.39 is 5.91 Å². The average Bonchev–Trinajstić information content (AvgIpc) is 3.03. The van der Waals surface area contributed by atoms with Gasteiger partial charge in [-0.15, -0.1) is 0 Å². The molecular weight excluding hydrogens is 400 g/mol. The monoisotopic (exact) mass is 420 g/mol. The van der Waals surface area contributed by atoms with E-state index in [1.54, 1.807) is 25.3 Å². The van der Waals surface area contributed by atoms with Crippen LogP contribution < -0.4 is 14.3 Å². The van der Waals surface area contributed by atoms with Crippen molar-refractivity contribution in [3.63, 3.8) is 0 Å². The van der Waals surface area contributed by atoms with Crippen LogP contribution in [-0.2, 0) is 11.3 Å². The van der Waals surface area contributed by atoms with E-state index in [1.165, 1.54) is 18.4 Å². The normalized spacial score (nSPS) is 11.8. The Bertz CT molecular complexity index is 1060. The number of hydrogen-bond donors (Lipinski definition) is 0. The van der Waals surface area contributed by atoms with E-state index in [0.717, 1.165) is 10.2 Å². The van der Waals surface area contributed by atoms with E-state index in [4.69, 9.17) is 25.8 Å². The van der Waals surface area contributed by atoms with E-state index in [0.29, 0.717) is 46.6 Å². The average molecular weight is 421 g/mol. The van der Waals surface area contributed by atoms with Crippen LogP contribution in [0.5, 0.6) is 11.5 Å². The van der Waals surface area contributed by atoms with Crippen LogP contribution in [0.4, 0.5) is 0 Å². The zero-order valence-corrected chi connectivity index (χ0v) is 17.5. The molecule has 0 atom stereocenters. The summed E-state index contributed by atoms with van der Waals surface area (Å²) in [5, 5.41) is 0.637. The maximum absolute atomic E-state index is 12.9. The number of aromatic nitrogens is 1.